The molecule has 0 fully saturated rings. The van der Waals surface area contributed by atoms with Gasteiger partial charge in [-0.2, -0.15) is 0 Å². The predicted molar refractivity (Wildman–Crippen MR) is 113 cm³/mol. The van der Waals surface area contributed by atoms with Crippen LogP contribution in [0.1, 0.15) is 41.0 Å². The van der Waals surface area contributed by atoms with E-state index in [-0.39, 0.29) is 18.4 Å². The molecule has 2 aromatic carbocycles. The lowest BCUT2D eigenvalue weighted by molar-refractivity contribution is -0.141. The lowest BCUT2D eigenvalue weighted by atomic mass is 10.1. The highest BCUT2D eigenvalue weighted by atomic mass is 16.5. The number of hydrogen-bond donors (Lipinski definition) is 1. The summed E-state index contributed by atoms with van der Waals surface area (Å²) in [7, 11) is 1.40. The zero-order valence-electron chi connectivity index (χ0n) is 17.0. The lowest BCUT2D eigenvalue weighted by Gasteiger charge is -2.08. The first-order chi connectivity index (χ1) is 14.1. The molecule has 1 N–H and O–H groups in total. The van der Waals surface area contributed by atoms with E-state index in [1.54, 1.807) is 0 Å². The van der Waals surface area contributed by atoms with Crippen molar-refractivity contribution in [2.24, 2.45) is 0 Å². The van der Waals surface area contributed by atoms with Gasteiger partial charge in [-0.3, -0.25) is 9.59 Å². The van der Waals surface area contributed by atoms with E-state index in [2.05, 4.69) is 10.3 Å². The summed E-state index contributed by atoms with van der Waals surface area (Å²) in [5.41, 5.74) is 3.60. The van der Waals surface area contributed by atoms with Gasteiger partial charge in [0.1, 0.15) is 12.4 Å². The summed E-state index contributed by atoms with van der Waals surface area (Å²) in [4.78, 5) is 28.6. The molecule has 3 aromatic rings. The number of amides is 1. The van der Waals surface area contributed by atoms with Crippen LogP contribution in [0.2, 0.25) is 0 Å². The Morgan fingerprint density at radius 1 is 1.07 bits per heavy atom. The number of fused-ring (bicyclic) bond motifs is 1. The monoisotopic (exact) mass is 393 g/mol. The van der Waals surface area contributed by atoms with Gasteiger partial charge in [0.25, 0.3) is 5.91 Å². The summed E-state index contributed by atoms with van der Waals surface area (Å²) in [6.07, 6.45) is 3.58. The van der Waals surface area contributed by atoms with Crippen molar-refractivity contribution >= 4 is 22.9 Å². The fourth-order valence-corrected chi connectivity index (χ4v) is 3.36. The van der Waals surface area contributed by atoms with E-state index in [1.165, 1.54) is 7.11 Å². The summed E-state index contributed by atoms with van der Waals surface area (Å²) >= 11 is 0. The molecule has 3 rings (SSSR count). The highest BCUT2D eigenvalue weighted by Gasteiger charge is 2.13. The fourth-order valence-electron chi connectivity index (χ4n) is 3.36. The Kier molecular flexibility index (Phi) is 7.00. The Bertz CT molecular complexity index is 994. The minimum absolute atomic E-state index is 0.0337. The molecule has 0 unspecified atom stereocenters. The van der Waals surface area contributed by atoms with Crippen molar-refractivity contribution in [2.75, 3.05) is 13.7 Å². The van der Waals surface area contributed by atoms with E-state index >= 15 is 0 Å². The van der Waals surface area contributed by atoms with Crippen LogP contribution in [-0.2, 0) is 22.5 Å². The molecule has 0 aliphatic carbocycles. The van der Waals surface area contributed by atoms with Gasteiger partial charge < -0.3 is 14.6 Å². The molecule has 0 aliphatic rings. The quantitative estimate of drug-likeness (QED) is 0.445. The molecular formula is C23H27N3O3. The Labute approximate surface area is 170 Å². The molecule has 0 saturated heterocycles. The van der Waals surface area contributed by atoms with Crippen molar-refractivity contribution < 1.29 is 14.3 Å². The van der Waals surface area contributed by atoms with Crippen LogP contribution < -0.4 is 5.32 Å². The number of methoxy groups -OCH3 is 1. The molecule has 1 aromatic heterocycles. The van der Waals surface area contributed by atoms with Gasteiger partial charge in [0.05, 0.1) is 18.1 Å². The summed E-state index contributed by atoms with van der Waals surface area (Å²) in [6.45, 7) is 2.79. The van der Waals surface area contributed by atoms with Gasteiger partial charge in [-0.1, -0.05) is 36.2 Å². The van der Waals surface area contributed by atoms with Crippen molar-refractivity contribution in [1.82, 2.24) is 14.9 Å². The molecule has 0 aliphatic heterocycles. The number of rotatable bonds is 9. The van der Waals surface area contributed by atoms with E-state index in [4.69, 9.17) is 4.74 Å². The number of imidazole rings is 1. The highest BCUT2D eigenvalue weighted by Crippen LogP contribution is 2.18. The third kappa shape index (κ3) is 5.44. The second-order valence-electron chi connectivity index (χ2n) is 7.12. The third-order valence-corrected chi connectivity index (χ3v) is 4.89. The first-order valence-electron chi connectivity index (χ1n) is 9.94. The van der Waals surface area contributed by atoms with Crippen molar-refractivity contribution in [3.8, 4) is 0 Å². The maximum atomic E-state index is 12.2. The van der Waals surface area contributed by atoms with Crippen LogP contribution in [0.4, 0.5) is 0 Å². The molecule has 1 amide bonds. The Hall–Kier alpha value is -3.15. The molecule has 0 radical (unpaired) electrons. The van der Waals surface area contributed by atoms with Gasteiger partial charge in [0.2, 0.25) is 0 Å². The van der Waals surface area contributed by atoms with Crippen molar-refractivity contribution in [3.63, 3.8) is 0 Å². The largest absolute Gasteiger partial charge is 0.468 e. The van der Waals surface area contributed by atoms with Crippen molar-refractivity contribution in [1.29, 1.82) is 0 Å². The number of carbonyl (C=O) groups is 2. The molecule has 0 atom stereocenters. The number of aromatic nitrogens is 2. The van der Waals surface area contributed by atoms with E-state index in [9.17, 15) is 9.59 Å². The number of nitrogens with one attached hydrogen (secondary N) is 1. The summed E-state index contributed by atoms with van der Waals surface area (Å²) in [5, 5.41) is 2.97. The minimum atomic E-state index is -0.284. The average molecular weight is 393 g/mol. The topological polar surface area (TPSA) is 73.2 Å². The second-order valence-corrected chi connectivity index (χ2v) is 7.12. The number of benzene rings is 2. The van der Waals surface area contributed by atoms with E-state index in [0.29, 0.717) is 12.1 Å². The molecule has 152 valence electrons. The van der Waals surface area contributed by atoms with Crippen LogP contribution in [0, 0.1) is 6.92 Å². The average Bonchev–Trinajstić information content (AvgIpc) is 3.07. The smallest absolute Gasteiger partial charge is 0.325 e. The first-order valence-corrected chi connectivity index (χ1v) is 9.94. The molecule has 29 heavy (non-hydrogen) atoms. The second kappa shape index (κ2) is 9.87. The van der Waals surface area contributed by atoms with E-state index in [1.807, 2.05) is 60.0 Å². The number of para-hydroxylation sites is 2. The zero-order chi connectivity index (χ0) is 20.6. The zero-order valence-corrected chi connectivity index (χ0v) is 17.0. The summed E-state index contributed by atoms with van der Waals surface area (Å²) in [5.74, 6) is 0.572. The van der Waals surface area contributed by atoms with Gasteiger partial charge in [-0.05, 0) is 44.0 Å². The normalized spacial score (nSPS) is 10.8. The fraction of sp³-hybridized carbons (Fsp3) is 0.348. The van der Waals surface area contributed by atoms with E-state index in [0.717, 1.165) is 48.1 Å². The molecule has 6 nitrogen and oxygen atoms in total. The molecule has 1 heterocycles. The predicted octanol–water partition coefficient (Wildman–Crippen LogP) is 3.66. The highest BCUT2D eigenvalue weighted by molar-refractivity contribution is 5.94. The van der Waals surface area contributed by atoms with E-state index < -0.39 is 0 Å². The Morgan fingerprint density at radius 3 is 2.69 bits per heavy atom. The maximum Gasteiger partial charge on any atom is 0.325 e. The van der Waals surface area contributed by atoms with Crippen LogP contribution in [-0.4, -0.2) is 35.1 Å². The van der Waals surface area contributed by atoms with Crippen LogP contribution in [0.15, 0.2) is 48.5 Å². The standard InChI is InChI=1S/C23H27N3O3/c1-17-9-8-10-18(15-17)23(28)24-14-7-3-4-13-21-25-19-11-5-6-12-20(19)26(21)16-22(27)29-2/h5-6,8-12,15H,3-4,7,13-14,16H2,1-2H3,(H,24,28). The SMILES string of the molecule is COC(=O)Cn1c(CCCCCNC(=O)c2cccc(C)c2)nc2ccccc21. The molecular weight excluding hydrogens is 366 g/mol. The van der Waals surface area contributed by atoms with Gasteiger partial charge in [-0.15, -0.1) is 0 Å². The number of carbonyl (C=O) groups excluding carboxylic acids is 2. The number of esters is 1. The summed E-state index contributed by atoms with van der Waals surface area (Å²) < 4.78 is 6.75. The minimum Gasteiger partial charge on any atom is -0.468 e. The number of aryl methyl sites for hydroxylation is 2. The molecule has 0 saturated carbocycles. The Morgan fingerprint density at radius 2 is 1.90 bits per heavy atom. The number of ether oxygens (including phenoxy) is 1. The number of unbranched alkanes of at least 4 members (excludes halogenated alkanes) is 2. The van der Waals surface area contributed by atoms with Crippen LogP contribution in [0.25, 0.3) is 11.0 Å². The van der Waals surface area contributed by atoms with Crippen LogP contribution >= 0.6 is 0 Å². The van der Waals surface area contributed by atoms with Crippen LogP contribution in [0.3, 0.4) is 0 Å². The summed E-state index contributed by atoms with van der Waals surface area (Å²) in [6, 6.07) is 15.4. The van der Waals surface area contributed by atoms with Crippen LogP contribution in [0.5, 0.6) is 0 Å². The molecule has 6 heteroatoms. The number of nitrogens with zero attached hydrogens (tertiary/aromatic N) is 2. The first kappa shape index (κ1) is 20.6. The molecule has 0 spiro atoms. The van der Waals surface area contributed by atoms with Crippen molar-refractivity contribution in [3.05, 3.63) is 65.5 Å². The lowest BCUT2D eigenvalue weighted by Crippen LogP contribution is -2.24. The van der Waals surface area contributed by atoms with Gasteiger partial charge in [0.15, 0.2) is 0 Å². The van der Waals surface area contributed by atoms with Crippen molar-refractivity contribution in [2.45, 2.75) is 39.2 Å². The number of hydrogen-bond acceptors (Lipinski definition) is 4. The van der Waals surface area contributed by atoms with Gasteiger partial charge in [0, 0.05) is 18.5 Å². The maximum absolute atomic E-state index is 12.2. The molecule has 0 bridgehead atoms. The third-order valence-electron chi connectivity index (χ3n) is 4.89. The Balaban J connectivity index is 1.49. The van der Waals surface area contributed by atoms with Gasteiger partial charge >= 0.3 is 5.97 Å². The van der Waals surface area contributed by atoms with Gasteiger partial charge in [-0.25, -0.2) is 4.98 Å².